The fourth-order valence-corrected chi connectivity index (χ4v) is 4.27. The molecule has 1 N–H and O–H groups in total. The van der Waals surface area contributed by atoms with E-state index >= 15 is 0 Å². The predicted molar refractivity (Wildman–Crippen MR) is 155 cm³/mol. The highest BCUT2D eigenvalue weighted by Gasteiger charge is 2.21. The van der Waals surface area contributed by atoms with Crippen LogP contribution in [0.2, 0.25) is 0 Å². The van der Waals surface area contributed by atoms with Gasteiger partial charge in [-0.05, 0) is 53.3 Å². The third-order valence-corrected chi connectivity index (χ3v) is 6.36. The number of anilines is 2. The minimum atomic E-state index is -0.472. The van der Waals surface area contributed by atoms with Crippen molar-refractivity contribution in [3.05, 3.63) is 115 Å². The Labute approximate surface area is 232 Å². The molecule has 3 aromatic carbocycles. The van der Waals surface area contributed by atoms with Crippen LogP contribution in [0.1, 0.15) is 24.5 Å². The standard InChI is InChI=1S/C32H28N4O4/c1-3-29(37)40-30-26(13-9-15-28(30)39-31-25-21-33-18-16-23(25)17-19-34-31)35-32(38)36(2)27-14-8-7-12-24(27)20-22-10-5-4-6-11-22/h4-19,21H,3,20H2,1-2H3,(H,35,38). The van der Waals surface area contributed by atoms with E-state index in [1.165, 1.54) is 4.90 Å². The maximum Gasteiger partial charge on any atom is 0.326 e. The molecule has 0 spiro atoms. The van der Waals surface area contributed by atoms with Crippen LogP contribution in [0.15, 0.2) is 104 Å². The van der Waals surface area contributed by atoms with Crippen molar-refractivity contribution in [3.63, 3.8) is 0 Å². The topological polar surface area (TPSA) is 93.7 Å². The van der Waals surface area contributed by atoms with Crippen molar-refractivity contribution in [2.24, 2.45) is 0 Å². The molecule has 2 heterocycles. The Bertz CT molecular complexity index is 1650. The molecule has 0 aliphatic heterocycles. The number of pyridine rings is 2. The zero-order valence-corrected chi connectivity index (χ0v) is 22.2. The van der Waals surface area contributed by atoms with E-state index in [9.17, 15) is 9.59 Å². The minimum absolute atomic E-state index is 0.0939. The van der Waals surface area contributed by atoms with Crippen molar-refractivity contribution in [2.75, 3.05) is 17.3 Å². The second-order valence-electron chi connectivity index (χ2n) is 9.06. The Balaban J connectivity index is 1.44. The summed E-state index contributed by atoms with van der Waals surface area (Å²) >= 11 is 0. The summed E-state index contributed by atoms with van der Waals surface area (Å²) in [5.74, 6) is 0.155. The third-order valence-electron chi connectivity index (χ3n) is 6.36. The molecule has 8 nitrogen and oxygen atoms in total. The van der Waals surface area contributed by atoms with Crippen LogP contribution in [0.4, 0.5) is 16.2 Å². The molecule has 2 aromatic heterocycles. The predicted octanol–water partition coefficient (Wildman–Crippen LogP) is 7.00. The van der Waals surface area contributed by atoms with E-state index in [4.69, 9.17) is 9.47 Å². The lowest BCUT2D eigenvalue weighted by atomic mass is 10.0. The number of nitrogens with zero attached hydrogens (tertiary/aromatic N) is 3. The quantitative estimate of drug-likeness (QED) is 0.171. The van der Waals surface area contributed by atoms with Crippen LogP contribution in [0.3, 0.4) is 0 Å². The number of hydrogen-bond donors (Lipinski definition) is 1. The highest BCUT2D eigenvalue weighted by Crippen LogP contribution is 2.39. The minimum Gasteiger partial charge on any atom is -0.434 e. The van der Waals surface area contributed by atoms with Gasteiger partial charge >= 0.3 is 12.0 Å². The summed E-state index contributed by atoms with van der Waals surface area (Å²) in [6.07, 6.45) is 5.78. The largest absolute Gasteiger partial charge is 0.434 e. The van der Waals surface area contributed by atoms with Crippen molar-refractivity contribution < 1.29 is 19.1 Å². The third kappa shape index (κ3) is 5.91. The molecule has 0 fully saturated rings. The number of carbonyl (C=O) groups is 2. The van der Waals surface area contributed by atoms with Gasteiger partial charge in [-0.25, -0.2) is 9.78 Å². The van der Waals surface area contributed by atoms with Crippen LogP contribution in [-0.4, -0.2) is 29.0 Å². The average molecular weight is 533 g/mol. The number of benzene rings is 3. The molecule has 5 rings (SSSR count). The molecule has 8 heteroatoms. The van der Waals surface area contributed by atoms with Crippen molar-refractivity contribution in [3.8, 4) is 17.4 Å². The maximum absolute atomic E-state index is 13.5. The number of para-hydroxylation sites is 2. The number of rotatable bonds is 8. The lowest BCUT2D eigenvalue weighted by molar-refractivity contribution is -0.134. The molecular weight excluding hydrogens is 504 g/mol. The molecule has 0 aliphatic carbocycles. The molecule has 5 aromatic rings. The highest BCUT2D eigenvalue weighted by atomic mass is 16.6. The normalized spacial score (nSPS) is 10.7. The van der Waals surface area contributed by atoms with Crippen molar-refractivity contribution in [1.29, 1.82) is 0 Å². The second kappa shape index (κ2) is 12.1. The zero-order chi connectivity index (χ0) is 27.9. The van der Waals surface area contributed by atoms with Crippen LogP contribution in [0.25, 0.3) is 10.8 Å². The summed E-state index contributed by atoms with van der Waals surface area (Å²) < 4.78 is 11.8. The number of amides is 2. The van der Waals surface area contributed by atoms with Crippen molar-refractivity contribution in [2.45, 2.75) is 19.8 Å². The summed E-state index contributed by atoms with van der Waals surface area (Å²) in [6, 6.07) is 26.1. The maximum atomic E-state index is 13.5. The Morgan fingerprint density at radius 1 is 0.900 bits per heavy atom. The van der Waals surface area contributed by atoms with Crippen LogP contribution in [-0.2, 0) is 11.2 Å². The highest BCUT2D eigenvalue weighted by molar-refractivity contribution is 6.03. The summed E-state index contributed by atoms with van der Waals surface area (Å²) in [6.45, 7) is 1.69. The zero-order valence-electron chi connectivity index (χ0n) is 22.2. The second-order valence-corrected chi connectivity index (χ2v) is 9.06. The first kappa shape index (κ1) is 26.4. The first-order valence-electron chi connectivity index (χ1n) is 12.9. The molecule has 0 aliphatic rings. The van der Waals surface area contributed by atoms with E-state index in [1.54, 1.807) is 50.8 Å². The monoisotopic (exact) mass is 532 g/mol. The van der Waals surface area contributed by atoms with Crippen LogP contribution in [0, 0.1) is 0 Å². The van der Waals surface area contributed by atoms with E-state index in [-0.39, 0.29) is 23.6 Å². The Morgan fingerprint density at radius 2 is 1.68 bits per heavy atom. The molecule has 0 bridgehead atoms. The lowest BCUT2D eigenvalue weighted by Crippen LogP contribution is -2.32. The fourth-order valence-electron chi connectivity index (χ4n) is 4.27. The van der Waals surface area contributed by atoms with Crippen molar-refractivity contribution in [1.82, 2.24) is 9.97 Å². The van der Waals surface area contributed by atoms with E-state index < -0.39 is 12.0 Å². The summed E-state index contributed by atoms with van der Waals surface area (Å²) in [5.41, 5.74) is 3.18. The lowest BCUT2D eigenvalue weighted by Gasteiger charge is -2.22. The first-order valence-corrected chi connectivity index (χ1v) is 12.9. The first-order chi connectivity index (χ1) is 19.5. The van der Waals surface area contributed by atoms with Crippen LogP contribution in [0.5, 0.6) is 17.4 Å². The molecule has 200 valence electrons. The van der Waals surface area contributed by atoms with Crippen LogP contribution < -0.4 is 19.7 Å². The Hall–Kier alpha value is -5.24. The number of aromatic nitrogens is 2. The van der Waals surface area contributed by atoms with Gasteiger partial charge in [0.25, 0.3) is 0 Å². The van der Waals surface area contributed by atoms with Gasteiger partial charge in [0, 0.05) is 37.7 Å². The molecule has 40 heavy (non-hydrogen) atoms. The van der Waals surface area contributed by atoms with Gasteiger partial charge in [-0.15, -0.1) is 0 Å². The molecule has 0 atom stereocenters. The summed E-state index contributed by atoms with van der Waals surface area (Å²) in [4.78, 5) is 35.9. The molecule has 0 saturated heterocycles. The number of fused-ring (bicyclic) bond motifs is 1. The Kier molecular flexibility index (Phi) is 7.97. The van der Waals surface area contributed by atoms with Gasteiger partial charge in [0.05, 0.1) is 11.1 Å². The number of nitrogens with one attached hydrogen (secondary N) is 1. The SMILES string of the molecule is CCC(=O)Oc1c(NC(=O)N(C)c2ccccc2Cc2ccccc2)cccc1Oc1nccc2ccncc12. The molecular formula is C32H28N4O4. The molecule has 0 saturated carbocycles. The van der Waals surface area contributed by atoms with Gasteiger partial charge in [-0.1, -0.05) is 61.5 Å². The molecule has 2 amide bonds. The summed E-state index contributed by atoms with van der Waals surface area (Å²) in [5, 5.41) is 4.48. The van der Waals surface area contributed by atoms with E-state index in [2.05, 4.69) is 27.4 Å². The number of urea groups is 1. The van der Waals surface area contributed by atoms with E-state index in [0.717, 1.165) is 22.2 Å². The number of esters is 1. The number of hydrogen-bond acceptors (Lipinski definition) is 6. The van der Waals surface area contributed by atoms with Gasteiger partial charge in [-0.3, -0.25) is 14.7 Å². The smallest absolute Gasteiger partial charge is 0.326 e. The van der Waals surface area contributed by atoms with Gasteiger partial charge in [0.2, 0.25) is 5.88 Å². The number of carbonyl (C=O) groups excluding carboxylic acids is 2. The average Bonchev–Trinajstić information content (AvgIpc) is 2.99. The van der Waals surface area contributed by atoms with Gasteiger partial charge in [0.15, 0.2) is 11.5 Å². The van der Waals surface area contributed by atoms with Gasteiger partial charge < -0.3 is 14.8 Å². The molecule has 0 radical (unpaired) electrons. The molecule has 0 unspecified atom stereocenters. The number of ether oxygens (including phenoxy) is 2. The fraction of sp³-hybridized carbons (Fsp3) is 0.125. The van der Waals surface area contributed by atoms with Crippen molar-refractivity contribution >= 4 is 34.1 Å². The van der Waals surface area contributed by atoms with E-state index in [1.807, 2.05) is 54.6 Å². The van der Waals surface area contributed by atoms with Crippen LogP contribution >= 0.6 is 0 Å². The Morgan fingerprint density at radius 3 is 2.50 bits per heavy atom. The van der Waals surface area contributed by atoms with Gasteiger partial charge in [0.1, 0.15) is 0 Å². The van der Waals surface area contributed by atoms with Gasteiger partial charge in [-0.2, -0.15) is 0 Å². The van der Waals surface area contributed by atoms with E-state index in [0.29, 0.717) is 17.7 Å². The summed E-state index contributed by atoms with van der Waals surface area (Å²) in [7, 11) is 1.70.